The molecule has 2 aromatic carbocycles. The number of hydrogen-bond acceptors (Lipinski definition) is 7. The van der Waals surface area contributed by atoms with Crippen LogP contribution in [-0.4, -0.2) is 58.4 Å². The van der Waals surface area contributed by atoms with E-state index >= 15 is 0 Å². The van der Waals surface area contributed by atoms with Crippen LogP contribution >= 0.6 is 23.4 Å². The van der Waals surface area contributed by atoms with Gasteiger partial charge in [-0.1, -0.05) is 29.4 Å². The Hall–Kier alpha value is -2.26. The summed E-state index contributed by atoms with van der Waals surface area (Å²) in [4.78, 5) is 2.15. The fraction of sp³-hybridized carbons (Fsp3) is 0.364. The van der Waals surface area contributed by atoms with Crippen LogP contribution in [0, 0.1) is 0 Å². The summed E-state index contributed by atoms with van der Waals surface area (Å²) in [6.45, 7) is 1.42. The van der Waals surface area contributed by atoms with Crippen molar-refractivity contribution in [1.82, 2.24) is 19.7 Å². The molecule has 0 atom stereocenters. The van der Waals surface area contributed by atoms with Gasteiger partial charge in [0.2, 0.25) is 0 Å². The molecule has 7 nitrogen and oxygen atoms in total. The molecule has 0 saturated carbocycles. The van der Waals surface area contributed by atoms with Crippen LogP contribution in [0.4, 0.5) is 0 Å². The highest BCUT2D eigenvalue weighted by molar-refractivity contribution is 7.99. The number of ether oxygens (including phenoxy) is 2. The molecule has 3 aromatic rings. The van der Waals surface area contributed by atoms with Gasteiger partial charge in [-0.25, -0.2) is 0 Å². The Kier molecular flexibility index (Phi) is 8.60. The molecule has 0 fully saturated rings. The number of rotatable bonds is 11. The first-order valence-corrected chi connectivity index (χ1v) is 11.2. The first-order chi connectivity index (χ1) is 15.0. The van der Waals surface area contributed by atoms with Gasteiger partial charge in [0.1, 0.15) is 11.5 Å². The van der Waals surface area contributed by atoms with Crippen LogP contribution in [0.2, 0.25) is 5.02 Å². The molecule has 0 aliphatic rings. The zero-order valence-corrected chi connectivity index (χ0v) is 19.5. The van der Waals surface area contributed by atoms with E-state index in [2.05, 4.69) is 15.1 Å². The zero-order chi connectivity index (χ0) is 22.2. The summed E-state index contributed by atoms with van der Waals surface area (Å²) in [5, 5.41) is 19.4. The minimum Gasteiger partial charge on any atom is -0.497 e. The highest BCUT2D eigenvalue weighted by atomic mass is 35.5. The Balaban J connectivity index is 1.83. The van der Waals surface area contributed by atoms with Crippen molar-refractivity contribution >= 4 is 23.4 Å². The molecule has 1 N–H and O–H groups in total. The van der Waals surface area contributed by atoms with E-state index in [1.54, 1.807) is 26.0 Å². The van der Waals surface area contributed by atoms with Crippen LogP contribution < -0.4 is 9.47 Å². The topological polar surface area (TPSA) is 72.6 Å². The van der Waals surface area contributed by atoms with E-state index in [1.165, 1.54) is 0 Å². The predicted octanol–water partition coefficient (Wildman–Crippen LogP) is 4.04. The molecule has 3 rings (SSSR count). The highest BCUT2D eigenvalue weighted by Crippen LogP contribution is 2.26. The largest absolute Gasteiger partial charge is 0.497 e. The predicted molar refractivity (Wildman–Crippen MR) is 124 cm³/mol. The smallest absolute Gasteiger partial charge is 0.195 e. The Labute approximate surface area is 191 Å². The number of hydrogen-bond donors (Lipinski definition) is 1. The number of aliphatic hydroxyl groups is 1. The molecular weight excluding hydrogens is 436 g/mol. The van der Waals surface area contributed by atoms with Gasteiger partial charge < -0.3 is 14.6 Å². The lowest BCUT2D eigenvalue weighted by molar-refractivity contribution is 0.296. The first-order valence-electron chi connectivity index (χ1n) is 9.88. The molecule has 166 valence electrons. The minimum atomic E-state index is 0.151. The molecule has 0 aliphatic heterocycles. The van der Waals surface area contributed by atoms with Gasteiger partial charge in [-0.15, -0.1) is 10.2 Å². The minimum absolute atomic E-state index is 0.151. The Morgan fingerprint density at radius 1 is 1.06 bits per heavy atom. The van der Waals surface area contributed by atoms with Crippen molar-refractivity contribution in [2.45, 2.75) is 24.7 Å². The van der Waals surface area contributed by atoms with E-state index in [9.17, 15) is 0 Å². The second-order valence-corrected chi connectivity index (χ2v) is 8.53. The van der Waals surface area contributed by atoms with Crippen LogP contribution in [0.1, 0.15) is 17.8 Å². The molecule has 0 aliphatic carbocycles. The van der Waals surface area contributed by atoms with Crippen LogP contribution in [-0.2, 0) is 13.1 Å². The number of thioether (sulfide) groups is 1. The lowest BCUT2D eigenvalue weighted by atomic mass is 10.2. The first kappa shape index (κ1) is 23.4. The van der Waals surface area contributed by atoms with E-state index in [1.807, 2.05) is 54.1 Å². The quantitative estimate of drug-likeness (QED) is 0.340. The fourth-order valence-electron chi connectivity index (χ4n) is 3.17. The second kappa shape index (κ2) is 11.4. The lowest BCUT2D eigenvalue weighted by Crippen LogP contribution is -2.20. The number of benzene rings is 2. The Morgan fingerprint density at radius 2 is 1.81 bits per heavy atom. The summed E-state index contributed by atoms with van der Waals surface area (Å²) < 4.78 is 12.8. The average molecular weight is 463 g/mol. The number of methoxy groups -OCH3 is 2. The summed E-state index contributed by atoms with van der Waals surface area (Å²) >= 11 is 7.80. The van der Waals surface area contributed by atoms with Crippen molar-refractivity contribution < 1.29 is 14.6 Å². The molecule has 0 unspecified atom stereocenters. The van der Waals surface area contributed by atoms with Gasteiger partial charge in [0, 0.05) is 30.0 Å². The molecule has 9 heteroatoms. The van der Waals surface area contributed by atoms with Crippen molar-refractivity contribution in [3.05, 3.63) is 58.9 Å². The van der Waals surface area contributed by atoms with Crippen LogP contribution in [0.15, 0.2) is 47.6 Å². The van der Waals surface area contributed by atoms with Crippen molar-refractivity contribution in [2.75, 3.05) is 33.6 Å². The van der Waals surface area contributed by atoms with E-state index in [0.717, 1.165) is 39.5 Å². The second-order valence-electron chi connectivity index (χ2n) is 7.03. The molecule has 0 radical (unpaired) electrons. The monoisotopic (exact) mass is 462 g/mol. The molecule has 1 heterocycles. The van der Waals surface area contributed by atoms with Crippen molar-refractivity contribution in [2.24, 2.45) is 0 Å². The van der Waals surface area contributed by atoms with Gasteiger partial charge in [0.15, 0.2) is 11.0 Å². The van der Waals surface area contributed by atoms with Crippen LogP contribution in [0.3, 0.4) is 0 Å². The molecule has 1 aromatic heterocycles. The average Bonchev–Trinajstić information content (AvgIpc) is 3.15. The van der Waals surface area contributed by atoms with E-state index in [0.29, 0.717) is 24.5 Å². The zero-order valence-electron chi connectivity index (χ0n) is 17.9. The highest BCUT2D eigenvalue weighted by Gasteiger charge is 2.17. The van der Waals surface area contributed by atoms with Crippen molar-refractivity contribution in [3.63, 3.8) is 0 Å². The maximum absolute atomic E-state index is 9.11. The van der Waals surface area contributed by atoms with E-state index in [4.69, 9.17) is 26.2 Å². The number of nitrogens with zero attached hydrogens (tertiary/aromatic N) is 4. The van der Waals surface area contributed by atoms with Crippen molar-refractivity contribution in [1.29, 1.82) is 0 Å². The molecule has 0 saturated heterocycles. The maximum atomic E-state index is 9.11. The molecule has 31 heavy (non-hydrogen) atoms. The molecule has 0 spiro atoms. The van der Waals surface area contributed by atoms with E-state index < -0.39 is 0 Å². The summed E-state index contributed by atoms with van der Waals surface area (Å²) in [6.07, 6.45) is 0.694. The summed E-state index contributed by atoms with van der Waals surface area (Å²) in [6, 6.07) is 13.5. The third-order valence-corrected chi connectivity index (χ3v) is 5.83. The molecule has 0 bridgehead atoms. The normalized spacial score (nSPS) is 11.2. The lowest BCUT2D eigenvalue weighted by Gasteiger charge is -2.18. The summed E-state index contributed by atoms with van der Waals surface area (Å²) in [5.41, 5.74) is 1.99. The Bertz CT molecular complexity index is 976. The van der Waals surface area contributed by atoms with Gasteiger partial charge in [0.25, 0.3) is 0 Å². The van der Waals surface area contributed by atoms with Gasteiger partial charge >= 0.3 is 0 Å². The summed E-state index contributed by atoms with van der Waals surface area (Å²) in [7, 11) is 5.32. The number of aromatic nitrogens is 3. The number of halogens is 1. The van der Waals surface area contributed by atoms with E-state index in [-0.39, 0.29) is 6.61 Å². The van der Waals surface area contributed by atoms with Crippen LogP contribution in [0.25, 0.3) is 5.69 Å². The maximum Gasteiger partial charge on any atom is 0.195 e. The summed E-state index contributed by atoms with van der Waals surface area (Å²) in [5.74, 6) is 3.08. The SMILES string of the molecule is COc1cc(CN(C)Cc2nnc(SCCCO)n2-c2cccc(Cl)c2)cc(OC)c1. The van der Waals surface area contributed by atoms with Gasteiger partial charge in [-0.05, 0) is 49.4 Å². The number of aliphatic hydroxyl groups excluding tert-OH is 1. The molecular formula is C22H27ClN4O3S. The standard InChI is InChI=1S/C22H27ClN4O3S/c1-26(14-16-10-19(29-2)13-20(11-16)30-3)15-21-24-25-22(31-9-5-8-28)27(21)18-7-4-6-17(23)12-18/h4,6-7,10-13,28H,5,8-9,14-15H2,1-3H3. The third-order valence-electron chi connectivity index (χ3n) is 4.58. The van der Waals surface area contributed by atoms with Gasteiger partial charge in [-0.2, -0.15) is 0 Å². The van der Waals surface area contributed by atoms with Gasteiger partial charge in [0.05, 0.1) is 26.5 Å². The van der Waals surface area contributed by atoms with Gasteiger partial charge in [-0.3, -0.25) is 9.47 Å². The Morgan fingerprint density at radius 3 is 2.45 bits per heavy atom. The molecule has 0 amide bonds. The third kappa shape index (κ3) is 6.36. The van der Waals surface area contributed by atoms with Crippen molar-refractivity contribution in [3.8, 4) is 17.2 Å². The van der Waals surface area contributed by atoms with Crippen LogP contribution in [0.5, 0.6) is 11.5 Å². The fourth-order valence-corrected chi connectivity index (χ4v) is 4.24.